The van der Waals surface area contributed by atoms with Crippen molar-refractivity contribution in [2.24, 2.45) is 0 Å². The van der Waals surface area contributed by atoms with E-state index in [1.54, 1.807) is 0 Å². The van der Waals surface area contributed by atoms with Crippen molar-refractivity contribution in [2.45, 2.75) is 33.1 Å². The zero-order valence-electron chi connectivity index (χ0n) is 10.6. The van der Waals surface area contributed by atoms with Gasteiger partial charge in [-0.2, -0.15) is 0 Å². The molecule has 0 fully saturated rings. The molecule has 17 heavy (non-hydrogen) atoms. The average Bonchev–Trinajstić information content (AvgIpc) is 2.29. The number of hydrogen-bond acceptors (Lipinski definition) is 1. The quantitative estimate of drug-likeness (QED) is 0.613. The number of nitrogens with one attached hydrogen (secondary N) is 1. The summed E-state index contributed by atoms with van der Waals surface area (Å²) < 4.78 is 0. The zero-order chi connectivity index (χ0) is 12.7. The highest BCUT2D eigenvalue weighted by Gasteiger charge is 2.05. The van der Waals surface area contributed by atoms with Crippen molar-refractivity contribution in [2.75, 3.05) is 12.4 Å². The minimum Gasteiger partial charge on any atom is -0.356 e. The monoisotopic (exact) mass is 253 g/mol. The number of carbonyl (C=O) groups excluding carboxylic acids is 1. The van der Waals surface area contributed by atoms with Gasteiger partial charge in [-0.25, -0.2) is 0 Å². The Labute approximate surface area is 108 Å². The summed E-state index contributed by atoms with van der Waals surface area (Å²) >= 11 is 5.57. The SMILES string of the molecule is Cc1ccc(C)c(CC(=O)NCCCCCl)c1. The second kappa shape index (κ2) is 7.33. The molecule has 0 unspecified atom stereocenters. The highest BCUT2D eigenvalue weighted by Crippen LogP contribution is 2.11. The Morgan fingerprint density at radius 3 is 2.76 bits per heavy atom. The Kier molecular flexibility index (Phi) is 6.06. The molecule has 0 heterocycles. The summed E-state index contributed by atoms with van der Waals surface area (Å²) in [6.45, 7) is 4.80. The van der Waals surface area contributed by atoms with Gasteiger partial charge >= 0.3 is 0 Å². The lowest BCUT2D eigenvalue weighted by Crippen LogP contribution is -2.26. The maximum atomic E-state index is 11.7. The number of unbranched alkanes of at least 4 members (excludes halogenated alkanes) is 1. The number of halogens is 1. The van der Waals surface area contributed by atoms with Crippen molar-refractivity contribution in [3.63, 3.8) is 0 Å². The Hall–Kier alpha value is -1.02. The lowest BCUT2D eigenvalue weighted by molar-refractivity contribution is -0.120. The Morgan fingerprint density at radius 2 is 2.06 bits per heavy atom. The number of amides is 1. The van der Waals surface area contributed by atoms with Crippen LogP contribution in [0.25, 0.3) is 0 Å². The van der Waals surface area contributed by atoms with Crippen LogP contribution in [-0.2, 0) is 11.2 Å². The summed E-state index contributed by atoms with van der Waals surface area (Å²) in [4.78, 5) is 11.7. The molecule has 1 amide bonds. The highest BCUT2D eigenvalue weighted by atomic mass is 35.5. The molecule has 0 aromatic heterocycles. The first kappa shape index (κ1) is 14.0. The minimum atomic E-state index is 0.0910. The highest BCUT2D eigenvalue weighted by molar-refractivity contribution is 6.17. The van der Waals surface area contributed by atoms with Crippen LogP contribution in [0.5, 0.6) is 0 Å². The minimum absolute atomic E-state index is 0.0910. The molecular formula is C14H20ClNO. The fraction of sp³-hybridized carbons (Fsp3) is 0.500. The van der Waals surface area contributed by atoms with Gasteiger partial charge in [-0.05, 0) is 37.8 Å². The average molecular weight is 254 g/mol. The lowest BCUT2D eigenvalue weighted by atomic mass is 10.0. The van der Waals surface area contributed by atoms with Gasteiger partial charge in [0.25, 0.3) is 0 Å². The van der Waals surface area contributed by atoms with Crippen LogP contribution < -0.4 is 5.32 Å². The number of hydrogen-bond donors (Lipinski definition) is 1. The van der Waals surface area contributed by atoms with E-state index in [0.29, 0.717) is 12.3 Å². The molecule has 1 N–H and O–H groups in total. The molecular weight excluding hydrogens is 234 g/mol. The zero-order valence-corrected chi connectivity index (χ0v) is 11.3. The molecule has 0 bridgehead atoms. The van der Waals surface area contributed by atoms with Gasteiger partial charge in [0.05, 0.1) is 6.42 Å². The molecule has 0 radical (unpaired) electrons. The summed E-state index contributed by atoms with van der Waals surface area (Å²) in [6, 6.07) is 6.20. The number of rotatable bonds is 6. The van der Waals surface area contributed by atoms with Gasteiger partial charge in [-0.3, -0.25) is 4.79 Å². The van der Waals surface area contributed by atoms with Crippen LogP contribution >= 0.6 is 11.6 Å². The number of alkyl halides is 1. The molecule has 0 aliphatic rings. The smallest absolute Gasteiger partial charge is 0.224 e. The molecule has 1 rings (SSSR count). The standard InChI is InChI=1S/C14H20ClNO/c1-11-5-6-12(2)13(9-11)10-14(17)16-8-4-3-7-15/h5-6,9H,3-4,7-8,10H2,1-2H3,(H,16,17). The maximum absolute atomic E-state index is 11.7. The molecule has 0 saturated heterocycles. The first-order valence-electron chi connectivity index (χ1n) is 6.02. The van der Waals surface area contributed by atoms with Crippen molar-refractivity contribution >= 4 is 17.5 Å². The molecule has 1 aromatic carbocycles. The molecule has 0 spiro atoms. The van der Waals surface area contributed by atoms with Crippen LogP contribution in [0.15, 0.2) is 18.2 Å². The normalized spacial score (nSPS) is 10.3. The Morgan fingerprint density at radius 1 is 1.29 bits per heavy atom. The van der Waals surface area contributed by atoms with Crippen molar-refractivity contribution in [1.82, 2.24) is 5.32 Å². The third-order valence-electron chi connectivity index (χ3n) is 2.74. The molecule has 0 saturated carbocycles. The lowest BCUT2D eigenvalue weighted by Gasteiger charge is -2.08. The van der Waals surface area contributed by atoms with Crippen LogP contribution in [0.4, 0.5) is 0 Å². The third kappa shape index (κ3) is 5.22. The van der Waals surface area contributed by atoms with E-state index in [-0.39, 0.29) is 5.91 Å². The molecule has 0 aliphatic heterocycles. The number of carbonyl (C=O) groups is 1. The van der Waals surface area contributed by atoms with Gasteiger partial charge in [0.2, 0.25) is 5.91 Å². The Balaban J connectivity index is 2.42. The van der Waals surface area contributed by atoms with Gasteiger partial charge in [0, 0.05) is 12.4 Å². The van der Waals surface area contributed by atoms with Crippen LogP contribution in [-0.4, -0.2) is 18.3 Å². The van der Waals surface area contributed by atoms with E-state index in [9.17, 15) is 4.79 Å². The molecule has 1 aromatic rings. The number of aryl methyl sites for hydroxylation is 2. The van der Waals surface area contributed by atoms with Crippen molar-refractivity contribution in [3.8, 4) is 0 Å². The summed E-state index contributed by atoms with van der Waals surface area (Å²) in [5, 5.41) is 2.92. The van der Waals surface area contributed by atoms with E-state index < -0.39 is 0 Å². The van der Waals surface area contributed by atoms with Crippen LogP contribution in [0.3, 0.4) is 0 Å². The summed E-state index contributed by atoms with van der Waals surface area (Å²) in [7, 11) is 0. The number of benzene rings is 1. The van der Waals surface area contributed by atoms with E-state index in [0.717, 1.165) is 24.9 Å². The van der Waals surface area contributed by atoms with E-state index in [4.69, 9.17) is 11.6 Å². The van der Waals surface area contributed by atoms with E-state index in [2.05, 4.69) is 23.5 Å². The largest absolute Gasteiger partial charge is 0.356 e. The van der Waals surface area contributed by atoms with Crippen molar-refractivity contribution < 1.29 is 4.79 Å². The summed E-state index contributed by atoms with van der Waals surface area (Å²) in [5.74, 6) is 0.751. The Bertz CT molecular complexity index is 376. The topological polar surface area (TPSA) is 29.1 Å². The first-order valence-corrected chi connectivity index (χ1v) is 6.55. The predicted molar refractivity (Wildman–Crippen MR) is 72.6 cm³/mol. The molecule has 3 heteroatoms. The van der Waals surface area contributed by atoms with Gasteiger partial charge in [-0.15, -0.1) is 11.6 Å². The van der Waals surface area contributed by atoms with Crippen LogP contribution in [0, 0.1) is 13.8 Å². The van der Waals surface area contributed by atoms with Crippen LogP contribution in [0.2, 0.25) is 0 Å². The fourth-order valence-corrected chi connectivity index (χ4v) is 1.86. The summed E-state index contributed by atoms with van der Waals surface area (Å²) in [6.07, 6.45) is 2.36. The van der Waals surface area contributed by atoms with E-state index in [1.165, 1.54) is 11.1 Å². The third-order valence-corrected chi connectivity index (χ3v) is 3.01. The molecule has 0 aliphatic carbocycles. The van der Waals surface area contributed by atoms with Gasteiger partial charge < -0.3 is 5.32 Å². The van der Waals surface area contributed by atoms with Gasteiger partial charge in [0.1, 0.15) is 0 Å². The second-order valence-corrected chi connectivity index (χ2v) is 4.73. The first-order chi connectivity index (χ1) is 8.13. The molecule has 94 valence electrons. The van der Waals surface area contributed by atoms with Crippen LogP contribution in [0.1, 0.15) is 29.5 Å². The maximum Gasteiger partial charge on any atom is 0.224 e. The molecule has 2 nitrogen and oxygen atoms in total. The fourth-order valence-electron chi connectivity index (χ4n) is 1.67. The van der Waals surface area contributed by atoms with E-state index in [1.807, 2.05) is 13.8 Å². The summed E-state index contributed by atoms with van der Waals surface area (Å²) in [5.41, 5.74) is 3.48. The second-order valence-electron chi connectivity index (χ2n) is 4.35. The van der Waals surface area contributed by atoms with Gasteiger partial charge in [0.15, 0.2) is 0 Å². The van der Waals surface area contributed by atoms with E-state index >= 15 is 0 Å². The van der Waals surface area contributed by atoms with Crippen molar-refractivity contribution in [3.05, 3.63) is 34.9 Å². The predicted octanol–water partition coefficient (Wildman–Crippen LogP) is 2.98. The van der Waals surface area contributed by atoms with Gasteiger partial charge in [-0.1, -0.05) is 23.8 Å². The molecule has 0 atom stereocenters. The van der Waals surface area contributed by atoms with Crippen molar-refractivity contribution in [1.29, 1.82) is 0 Å².